The molecular weight excluding hydrogens is 269 g/mol. The van der Waals surface area contributed by atoms with E-state index in [0.717, 1.165) is 17.8 Å². The van der Waals surface area contributed by atoms with Crippen LogP contribution in [0.25, 0.3) is 0 Å². The van der Waals surface area contributed by atoms with Gasteiger partial charge < -0.3 is 10.6 Å². The van der Waals surface area contributed by atoms with Gasteiger partial charge in [-0.1, -0.05) is 6.07 Å². The number of aromatic nitrogens is 1. The number of pyridine rings is 1. The van der Waals surface area contributed by atoms with Crippen LogP contribution in [0.3, 0.4) is 0 Å². The standard InChI is InChI=1S/C13H19F3N4/c14-13(15,16)10-19-6-8-20(9-7-19)12-11(3-4-17)2-1-5-18-12/h1-2,5H,3-4,6-10,17H2. The summed E-state index contributed by atoms with van der Waals surface area (Å²) in [5, 5.41) is 0. The molecule has 7 heteroatoms. The van der Waals surface area contributed by atoms with Gasteiger partial charge in [0.2, 0.25) is 0 Å². The predicted molar refractivity (Wildman–Crippen MR) is 71.7 cm³/mol. The number of nitrogens with two attached hydrogens (primary N) is 1. The fraction of sp³-hybridized carbons (Fsp3) is 0.615. The van der Waals surface area contributed by atoms with Crippen molar-refractivity contribution < 1.29 is 13.2 Å². The number of halogens is 3. The predicted octanol–water partition coefficient (Wildman–Crippen LogP) is 1.27. The lowest BCUT2D eigenvalue weighted by Gasteiger charge is -2.36. The van der Waals surface area contributed by atoms with Crippen molar-refractivity contribution in [1.82, 2.24) is 9.88 Å². The molecule has 0 saturated carbocycles. The molecule has 1 aliphatic heterocycles. The maximum Gasteiger partial charge on any atom is 0.401 e. The maximum absolute atomic E-state index is 12.3. The molecule has 0 amide bonds. The van der Waals surface area contributed by atoms with Gasteiger partial charge in [0, 0.05) is 32.4 Å². The van der Waals surface area contributed by atoms with E-state index in [2.05, 4.69) is 4.98 Å². The van der Waals surface area contributed by atoms with E-state index in [4.69, 9.17) is 5.73 Å². The molecule has 0 aromatic carbocycles. The van der Waals surface area contributed by atoms with Crippen molar-refractivity contribution in [2.75, 3.05) is 44.2 Å². The lowest BCUT2D eigenvalue weighted by atomic mass is 10.1. The first-order valence-corrected chi connectivity index (χ1v) is 6.67. The van der Waals surface area contributed by atoms with Crippen molar-refractivity contribution in [3.8, 4) is 0 Å². The van der Waals surface area contributed by atoms with E-state index in [0.29, 0.717) is 32.7 Å². The molecular formula is C13H19F3N4. The minimum Gasteiger partial charge on any atom is -0.354 e. The van der Waals surface area contributed by atoms with Crippen LogP contribution in [0.4, 0.5) is 19.0 Å². The average molecular weight is 288 g/mol. The number of rotatable bonds is 4. The van der Waals surface area contributed by atoms with Crippen LogP contribution in [0.1, 0.15) is 5.56 Å². The molecule has 0 unspecified atom stereocenters. The fourth-order valence-corrected chi connectivity index (χ4v) is 2.44. The van der Waals surface area contributed by atoms with E-state index in [1.54, 1.807) is 6.20 Å². The van der Waals surface area contributed by atoms with E-state index in [9.17, 15) is 13.2 Å². The Hall–Kier alpha value is -1.34. The topological polar surface area (TPSA) is 45.4 Å². The zero-order valence-corrected chi connectivity index (χ0v) is 11.2. The molecule has 0 bridgehead atoms. The van der Waals surface area contributed by atoms with Crippen LogP contribution in [0.15, 0.2) is 18.3 Å². The van der Waals surface area contributed by atoms with Gasteiger partial charge in [-0.25, -0.2) is 4.98 Å². The normalized spacial score (nSPS) is 17.5. The van der Waals surface area contributed by atoms with Crippen molar-refractivity contribution >= 4 is 5.82 Å². The Balaban J connectivity index is 1.97. The van der Waals surface area contributed by atoms with Gasteiger partial charge in [0.25, 0.3) is 0 Å². The van der Waals surface area contributed by atoms with Crippen molar-refractivity contribution in [3.63, 3.8) is 0 Å². The quantitative estimate of drug-likeness (QED) is 0.906. The molecule has 20 heavy (non-hydrogen) atoms. The Bertz CT molecular complexity index is 428. The lowest BCUT2D eigenvalue weighted by molar-refractivity contribution is -0.146. The van der Waals surface area contributed by atoms with Crippen LogP contribution in [0.2, 0.25) is 0 Å². The Kier molecular flexibility index (Phi) is 4.82. The van der Waals surface area contributed by atoms with Gasteiger partial charge >= 0.3 is 6.18 Å². The molecule has 2 heterocycles. The summed E-state index contributed by atoms with van der Waals surface area (Å²) in [5.74, 6) is 0.851. The first-order chi connectivity index (χ1) is 9.49. The van der Waals surface area contributed by atoms with Crippen LogP contribution in [0.5, 0.6) is 0 Å². The SMILES string of the molecule is NCCc1cccnc1N1CCN(CC(F)(F)F)CC1. The maximum atomic E-state index is 12.3. The molecule has 0 spiro atoms. The lowest BCUT2D eigenvalue weighted by Crippen LogP contribution is -2.49. The molecule has 0 radical (unpaired) electrons. The smallest absolute Gasteiger partial charge is 0.354 e. The molecule has 0 aliphatic carbocycles. The second-order valence-corrected chi connectivity index (χ2v) is 4.90. The molecule has 1 aromatic rings. The van der Waals surface area contributed by atoms with Gasteiger partial charge in [0.05, 0.1) is 6.54 Å². The highest BCUT2D eigenvalue weighted by molar-refractivity contribution is 5.47. The number of anilines is 1. The zero-order valence-electron chi connectivity index (χ0n) is 11.2. The number of nitrogens with zero attached hydrogens (tertiary/aromatic N) is 3. The van der Waals surface area contributed by atoms with Crippen LogP contribution in [-0.4, -0.2) is 55.3 Å². The Morgan fingerprint density at radius 2 is 1.90 bits per heavy atom. The van der Waals surface area contributed by atoms with Gasteiger partial charge in [-0.3, -0.25) is 4.90 Å². The summed E-state index contributed by atoms with van der Waals surface area (Å²) in [6.45, 7) is 1.62. The van der Waals surface area contributed by atoms with Crippen molar-refractivity contribution in [1.29, 1.82) is 0 Å². The van der Waals surface area contributed by atoms with Crippen LogP contribution < -0.4 is 10.6 Å². The number of hydrogen-bond donors (Lipinski definition) is 1. The van der Waals surface area contributed by atoms with E-state index in [1.165, 1.54) is 4.90 Å². The van der Waals surface area contributed by atoms with E-state index >= 15 is 0 Å². The molecule has 4 nitrogen and oxygen atoms in total. The number of hydrogen-bond acceptors (Lipinski definition) is 4. The van der Waals surface area contributed by atoms with Crippen molar-refractivity contribution in [2.24, 2.45) is 5.73 Å². The van der Waals surface area contributed by atoms with Crippen molar-refractivity contribution in [3.05, 3.63) is 23.9 Å². The summed E-state index contributed by atoms with van der Waals surface area (Å²) < 4.78 is 37.0. The monoisotopic (exact) mass is 288 g/mol. The number of piperazine rings is 1. The van der Waals surface area contributed by atoms with E-state index < -0.39 is 12.7 Å². The van der Waals surface area contributed by atoms with Gasteiger partial charge in [0.1, 0.15) is 5.82 Å². The Morgan fingerprint density at radius 1 is 1.20 bits per heavy atom. The van der Waals surface area contributed by atoms with Gasteiger partial charge in [-0.05, 0) is 24.6 Å². The highest BCUT2D eigenvalue weighted by Crippen LogP contribution is 2.21. The molecule has 1 saturated heterocycles. The minimum atomic E-state index is -4.13. The first kappa shape index (κ1) is 15.1. The van der Waals surface area contributed by atoms with Crippen LogP contribution in [0, 0.1) is 0 Å². The molecule has 112 valence electrons. The summed E-state index contributed by atoms with van der Waals surface area (Å²) in [6.07, 6.45) is -1.69. The summed E-state index contributed by atoms with van der Waals surface area (Å²) >= 11 is 0. The first-order valence-electron chi connectivity index (χ1n) is 6.67. The van der Waals surface area contributed by atoms with E-state index in [1.807, 2.05) is 17.0 Å². The summed E-state index contributed by atoms with van der Waals surface area (Å²) in [6, 6.07) is 3.83. The number of alkyl halides is 3. The highest BCUT2D eigenvalue weighted by atomic mass is 19.4. The molecule has 1 aliphatic rings. The minimum absolute atomic E-state index is 0.401. The molecule has 1 aromatic heterocycles. The molecule has 1 fully saturated rings. The average Bonchev–Trinajstić information content (AvgIpc) is 2.39. The van der Waals surface area contributed by atoms with Gasteiger partial charge in [-0.2, -0.15) is 13.2 Å². The zero-order chi connectivity index (χ0) is 14.6. The van der Waals surface area contributed by atoms with E-state index in [-0.39, 0.29) is 0 Å². The van der Waals surface area contributed by atoms with Crippen LogP contribution in [-0.2, 0) is 6.42 Å². The molecule has 0 atom stereocenters. The summed E-state index contributed by atoms with van der Waals surface area (Å²) in [7, 11) is 0. The summed E-state index contributed by atoms with van der Waals surface area (Å²) in [5.41, 5.74) is 6.63. The third-order valence-electron chi connectivity index (χ3n) is 3.36. The largest absolute Gasteiger partial charge is 0.401 e. The Morgan fingerprint density at radius 3 is 2.50 bits per heavy atom. The highest BCUT2D eigenvalue weighted by Gasteiger charge is 2.32. The van der Waals surface area contributed by atoms with Crippen molar-refractivity contribution in [2.45, 2.75) is 12.6 Å². The molecule has 2 N–H and O–H groups in total. The third-order valence-corrected chi connectivity index (χ3v) is 3.36. The fourth-order valence-electron chi connectivity index (χ4n) is 2.44. The second kappa shape index (κ2) is 6.41. The van der Waals surface area contributed by atoms with Gasteiger partial charge in [0.15, 0.2) is 0 Å². The second-order valence-electron chi connectivity index (χ2n) is 4.90. The molecule has 2 rings (SSSR count). The van der Waals surface area contributed by atoms with Crippen LogP contribution >= 0.6 is 0 Å². The summed E-state index contributed by atoms with van der Waals surface area (Å²) in [4.78, 5) is 7.82. The Labute approximate surface area is 116 Å². The van der Waals surface area contributed by atoms with Gasteiger partial charge in [-0.15, -0.1) is 0 Å². The third kappa shape index (κ3) is 4.08.